The zero-order chi connectivity index (χ0) is 16.2. The number of amides is 1. The quantitative estimate of drug-likeness (QED) is 0.719. The normalized spacial score (nSPS) is 26.3. The maximum atomic E-state index is 12.4. The van der Waals surface area contributed by atoms with Crippen LogP contribution in [-0.4, -0.2) is 40.8 Å². The van der Waals surface area contributed by atoms with Gasteiger partial charge in [-0.15, -0.1) is 0 Å². The third kappa shape index (κ3) is 4.00. The van der Waals surface area contributed by atoms with Crippen LogP contribution in [0.15, 0.2) is 29.2 Å². The van der Waals surface area contributed by atoms with Gasteiger partial charge in [-0.3, -0.25) is 9.59 Å². The lowest BCUT2D eigenvalue weighted by atomic mass is 9.71. The van der Waals surface area contributed by atoms with E-state index in [1.807, 2.05) is 0 Å². The van der Waals surface area contributed by atoms with Crippen molar-refractivity contribution in [3.63, 3.8) is 0 Å². The van der Waals surface area contributed by atoms with E-state index in [4.69, 9.17) is 0 Å². The number of pyridine rings is 1. The Morgan fingerprint density at radius 3 is 2.70 bits per heavy atom. The van der Waals surface area contributed by atoms with E-state index in [0.29, 0.717) is 11.8 Å². The monoisotopic (exact) mass is 319 g/mol. The number of nitrogens with zero attached hydrogens (tertiary/aromatic N) is 1. The highest BCUT2D eigenvalue weighted by Gasteiger charge is 2.39. The van der Waals surface area contributed by atoms with Crippen molar-refractivity contribution in [2.24, 2.45) is 11.8 Å². The van der Waals surface area contributed by atoms with E-state index >= 15 is 0 Å². The average Bonchev–Trinajstić information content (AvgIpc) is 2.53. The minimum absolute atomic E-state index is 0.0520. The number of aromatic nitrogens is 1. The van der Waals surface area contributed by atoms with Crippen molar-refractivity contribution in [1.29, 1.82) is 0 Å². The molecule has 2 fully saturated rings. The van der Waals surface area contributed by atoms with Gasteiger partial charge in [0.1, 0.15) is 6.54 Å². The van der Waals surface area contributed by atoms with Crippen molar-refractivity contribution in [2.45, 2.75) is 44.4 Å². The molecule has 3 rings (SSSR count). The van der Waals surface area contributed by atoms with Crippen molar-refractivity contribution < 1.29 is 9.90 Å². The number of hydrogen-bond acceptors (Lipinski definition) is 4. The van der Waals surface area contributed by atoms with Gasteiger partial charge in [0.2, 0.25) is 5.91 Å². The second kappa shape index (κ2) is 7.27. The van der Waals surface area contributed by atoms with E-state index in [-0.39, 0.29) is 30.2 Å². The van der Waals surface area contributed by atoms with Gasteiger partial charge in [0.15, 0.2) is 0 Å². The maximum absolute atomic E-state index is 12.4. The highest BCUT2D eigenvalue weighted by atomic mass is 16.3. The van der Waals surface area contributed by atoms with E-state index < -0.39 is 0 Å². The van der Waals surface area contributed by atoms with E-state index in [1.165, 1.54) is 10.6 Å². The molecule has 2 aliphatic rings. The Balaban J connectivity index is 1.64. The van der Waals surface area contributed by atoms with E-state index in [1.54, 1.807) is 18.3 Å². The summed E-state index contributed by atoms with van der Waals surface area (Å²) < 4.78 is 1.42. The number of piperidine rings is 1. The van der Waals surface area contributed by atoms with Crippen LogP contribution in [0, 0.1) is 11.8 Å². The van der Waals surface area contributed by atoms with E-state index in [2.05, 4.69) is 10.6 Å². The predicted octanol–water partition coefficient (Wildman–Crippen LogP) is 0.104. The molecule has 23 heavy (non-hydrogen) atoms. The second-order valence-electron chi connectivity index (χ2n) is 6.73. The summed E-state index contributed by atoms with van der Waals surface area (Å²) >= 11 is 0. The predicted molar refractivity (Wildman–Crippen MR) is 87.0 cm³/mol. The van der Waals surface area contributed by atoms with Crippen LogP contribution in [0.1, 0.15) is 25.7 Å². The van der Waals surface area contributed by atoms with Gasteiger partial charge in [0.05, 0.1) is 6.10 Å². The molecule has 1 amide bonds. The molecular weight excluding hydrogens is 294 g/mol. The molecule has 1 aliphatic carbocycles. The van der Waals surface area contributed by atoms with Crippen LogP contribution in [-0.2, 0) is 11.3 Å². The van der Waals surface area contributed by atoms with Crippen molar-refractivity contribution >= 4 is 5.91 Å². The molecule has 126 valence electrons. The fourth-order valence-electron chi connectivity index (χ4n) is 3.72. The third-order valence-corrected chi connectivity index (χ3v) is 5.09. The Morgan fingerprint density at radius 2 is 2.04 bits per heavy atom. The number of carbonyl (C=O) groups excluding carboxylic acids is 1. The van der Waals surface area contributed by atoms with Crippen molar-refractivity contribution in [3.05, 3.63) is 34.7 Å². The summed E-state index contributed by atoms with van der Waals surface area (Å²) in [6, 6.07) is 4.98. The van der Waals surface area contributed by atoms with Gasteiger partial charge in [-0.2, -0.15) is 0 Å². The number of aliphatic hydroxyl groups is 1. The van der Waals surface area contributed by atoms with Crippen LogP contribution in [0.5, 0.6) is 0 Å². The van der Waals surface area contributed by atoms with Gasteiger partial charge in [0.25, 0.3) is 5.56 Å². The lowest BCUT2D eigenvalue weighted by molar-refractivity contribution is -0.124. The summed E-state index contributed by atoms with van der Waals surface area (Å²) in [5.74, 6) is 0.679. The molecule has 1 saturated heterocycles. The van der Waals surface area contributed by atoms with E-state index in [0.717, 1.165) is 38.8 Å². The summed E-state index contributed by atoms with van der Waals surface area (Å²) in [5.41, 5.74) is -0.167. The number of nitrogens with one attached hydrogen (secondary N) is 2. The molecule has 0 bridgehead atoms. The Hall–Kier alpha value is -1.66. The molecule has 0 unspecified atom stereocenters. The molecule has 1 atom stereocenters. The van der Waals surface area contributed by atoms with E-state index in [9.17, 15) is 14.7 Å². The topological polar surface area (TPSA) is 83.4 Å². The second-order valence-corrected chi connectivity index (χ2v) is 6.73. The maximum Gasteiger partial charge on any atom is 0.250 e. The Morgan fingerprint density at radius 1 is 1.30 bits per heavy atom. The highest BCUT2D eigenvalue weighted by Crippen LogP contribution is 2.35. The van der Waals surface area contributed by atoms with Crippen molar-refractivity contribution in [1.82, 2.24) is 15.2 Å². The fourth-order valence-corrected chi connectivity index (χ4v) is 3.72. The fraction of sp³-hybridized carbons (Fsp3) is 0.647. The average molecular weight is 319 g/mol. The molecule has 6 heteroatoms. The van der Waals surface area contributed by atoms with Crippen LogP contribution >= 0.6 is 0 Å². The zero-order valence-corrected chi connectivity index (χ0v) is 13.3. The first-order valence-electron chi connectivity index (χ1n) is 8.47. The molecule has 2 heterocycles. The van der Waals surface area contributed by atoms with Gasteiger partial charge in [-0.25, -0.2) is 0 Å². The van der Waals surface area contributed by atoms with Gasteiger partial charge >= 0.3 is 0 Å². The van der Waals surface area contributed by atoms with Gasteiger partial charge in [-0.1, -0.05) is 6.07 Å². The zero-order valence-electron chi connectivity index (χ0n) is 13.3. The molecule has 6 nitrogen and oxygen atoms in total. The van der Waals surface area contributed by atoms with Crippen LogP contribution < -0.4 is 16.2 Å². The molecule has 0 spiro atoms. The SMILES string of the molecule is O=C(Cn1ccccc1=O)N[C@@H](C1CCNCC1)C1CC(O)C1. The first-order chi connectivity index (χ1) is 11.1. The Labute approximate surface area is 135 Å². The summed E-state index contributed by atoms with van der Waals surface area (Å²) in [7, 11) is 0. The van der Waals surface area contributed by atoms with Crippen molar-refractivity contribution in [2.75, 3.05) is 13.1 Å². The Kier molecular flexibility index (Phi) is 5.13. The third-order valence-electron chi connectivity index (χ3n) is 5.09. The van der Waals surface area contributed by atoms with Crippen molar-refractivity contribution in [3.8, 4) is 0 Å². The van der Waals surface area contributed by atoms with Gasteiger partial charge in [-0.05, 0) is 56.7 Å². The molecule has 1 aromatic heterocycles. The summed E-state index contributed by atoms with van der Waals surface area (Å²) in [6.45, 7) is 2.01. The number of carbonyl (C=O) groups is 1. The summed E-state index contributed by atoms with van der Waals surface area (Å²) in [6.07, 6.45) is 5.03. The molecule has 1 saturated carbocycles. The lowest BCUT2D eigenvalue weighted by Gasteiger charge is -2.43. The largest absolute Gasteiger partial charge is 0.393 e. The van der Waals surface area contributed by atoms with Crippen LogP contribution in [0.4, 0.5) is 0 Å². The first kappa shape index (κ1) is 16.2. The lowest BCUT2D eigenvalue weighted by Crippen LogP contribution is -2.53. The van der Waals surface area contributed by atoms with Crippen LogP contribution in [0.3, 0.4) is 0 Å². The summed E-state index contributed by atoms with van der Waals surface area (Å²) in [4.78, 5) is 24.1. The molecule has 3 N–H and O–H groups in total. The standard InChI is InChI=1S/C17H25N3O3/c21-14-9-13(10-14)17(12-4-6-18-7-5-12)19-15(22)11-20-8-2-1-3-16(20)23/h1-3,8,12-14,17-18,21H,4-7,9-11H2,(H,19,22)/t13?,14?,17-/m0/s1. The molecular formula is C17H25N3O3. The molecule has 0 aromatic carbocycles. The number of aliphatic hydroxyl groups excluding tert-OH is 1. The van der Waals surface area contributed by atoms with Crippen LogP contribution in [0.2, 0.25) is 0 Å². The summed E-state index contributed by atoms with van der Waals surface area (Å²) in [5, 5.41) is 16.1. The van der Waals surface area contributed by atoms with Gasteiger partial charge in [0, 0.05) is 18.3 Å². The minimum Gasteiger partial charge on any atom is -0.393 e. The number of hydrogen-bond donors (Lipinski definition) is 3. The number of rotatable bonds is 5. The molecule has 0 radical (unpaired) electrons. The minimum atomic E-state index is -0.224. The molecule has 1 aliphatic heterocycles. The van der Waals surface area contributed by atoms with Crippen LogP contribution in [0.25, 0.3) is 0 Å². The smallest absolute Gasteiger partial charge is 0.250 e. The van der Waals surface area contributed by atoms with Gasteiger partial charge < -0.3 is 20.3 Å². The first-order valence-corrected chi connectivity index (χ1v) is 8.47. The highest BCUT2D eigenvalue weighted by molar-refractivity contribution is 5.76. The Bertz CT molecular complexity index is 589. The molecule has 1 aromatic rings.